The molecule has 0 fully saturated rings. The van der Waals surface area contributed by atoms with Crippen molar-refractivity contribution in [2.75, 3.05) is 18.5 Å². The third-order valence-electron chi connectivity index (χ3n) is 2.55. The highest BCUT2D eigenvalue weighted by Gasteiger charge is 2.11. The summed E-state index contributed by atoms with van der Waals surface area (Å²) in [5, 5.41) is 3.48. The SMILES string of the molecule is CCCCOC(=O)CNc1c(Cl)ccc2nsnc12. The fourth-order valence-electron chi connectivity index (χ4n) is 1.54. The molecule has 0 unspecified atom stereocenters. The lowest BCUT2D eigenvalue weighted by Crippen LogP contribution is -2.17. The van der Waals surface area contributed by atoms with Crippen LogP contribution in [0.1, 0.15) is 19.8 Å². The molecular weight excluding hydrogens is 286 g/mol. The molecule has 0 aliphatic rings. The normalized spacial score (nSPS) is 10.6. The summed E-state index contributed by atoms with van der Waals surface area (Å²) in [6.07, 6.45) is 1.87. The van der Waals surface area contributed by atoms with Crippen LogP contribution in [0.25, 0.3) is 11.0 Å². The molecule has 102 valence electrons. The van der Waals surface area contributed by atoms with Crippen molar-refractivity contribution < 1.29 is 9.53 Å². The van der Waals surface area contributed by atoms with Crippen molar-refractivity contribution in [1.82, 2.24) is 8.75 Å². The fourth-order valence-corrected chi connectivity index (χ4v) is 2.30. The smallest absolute Gasteiger partial charge is 0.325 e. The second-order valence-corrected chi connectivity index (χ2v) is 4.92. The predicted octanol–water partition coefficient (Wildman–Crippen LogP) is 3.10. The van der Waals surface area contributed by atoms with E-state index >= 15 is 0 Å². The van der Waals surface area contributed by atoms with Gasteiger partial charge in [0.05, 0.1) is 29.0 Å². The number of hydrogen-bond donors (Lipinski definition) is 1. The number of carbonyl (C=O) groups excluding carboxylic acids is 1. The lowest BCUT2D eigenvalue weighted by Gasteiger charge is -2.08. The maximum Gasteiger partial charge on any atom is 0.325 e. The zero-order valence-electron chi connectivity index (χ0n) is 10.5. The second kappa shape index (κ2) is 6.68. The van der Waals surface area contributed by atoms with Gasteiger partial charge >= 0.3 is 5.97 Å². The number of anilines is 1. The van der Waals surface area contributed by atoms with E-state index in [1.165, 1.54) is 0 Å². The number of carbonyl (C=O) groups is 1. The van der Waals surface area contributed by atoms with Crippen molar-refractivity contribution in [3.05, 3.63) is 17.2 Å². The maximum absolute atomic E-state index is 11.5. The third kappa shape index (κ3) is 3.54. The largest absolute Gasteiger partial charge is 0.464 e. The van der Waals surface area contributed by atoms with Gasteiger partial charge in [0.25, 0.3) is 0 Å². The van der Waals surface area contributed by atoms with E-state index < -0.39 is 0 Å². The molecular formula is C12H14ClN3O2S. The molecule has 2 rings (SSSR count). The first kappa shape index (κ1) is 14.0. The van der Waals surface area contributed by atoms with Gasteiger partial charge < -0.3 is 10.1 Å². The number of nitrogens with zero attached hydrogens (tertiary/aromatic N) is 2. The molecule has 5 nitrogen and oxygen atoms in total. The number of ether oxygens (including phenoxy) is 1. The van der Waals surface area contributed by atoms with Gasteiger partial charge in [-0.25, -0.2) is 0 Å². The van der Waals surface area contributed by atoms with Gasteiger partial charge in [0.2, 0.25) is 0 Å². The molecule has 0 saturated heterocycles. The van der Waals surface area contributed by atoms with Crippen molar-refractivity contribution in [3.8, 4) is 0 Å². The van der Waals surface area contributed by atoms with E-state index in [0.717, 1.165) is 30.1 Å². The molecule has 19 heavy (non-hydrogen) atoms. The molecule has 1 N–H and O–H groups in total. The molecule has 0 bridgehead atoms. The van der Waals surface area contributed by atoms with E-state index in [-0.39, 0.29) is 12.5 Å². The van der Waals surface area contributed by atoms with Crippen LogP contribution in [0.15, 0.2) is 12.1 Å². The summed E-state index contributed by atoms with van der Waals surface area (Å²) >= 11 is 7.20. The molecule has 1 aromatic heterocycles. The van der Waals surface area contributed by atoms with Gasteiger partial charge in [0.15, 0.2) is 0 Å². The van der Waals surface area contributed by atoms with E-state index in [4.69, 9.17) is 16.3 Å². The lowest BCUT2D eigenvalue weighted by atomic mass is 10.2. The highest BCUT2D eigenvalue weighted by molar-refractivity contribution is 7.00. The first-order valence-electron chi connectivity index (χ1n) is 6.02. The van der Waals surface area contributed by atoms with Gasteiger partial charge in [0.1, 0.15) is 17.6 Å². The van der Waals surface area contributed by atoms with Gasteiger partial charge in [-0.15, -0.1) is 0 Å². The fraction of sp³-hybridized carbons (Fsp3) is 0.417. The third-order valence-corrected chi connectivity index (χ3v) is 3.41. The zero-order valence-corrected chi connectivity index (χ0v) is 12.1. The van der Waals surface area contributed by atoms with Crippen LogP contribution < -0.4 is 5.32 Å². The Hall–Kier alpha value is -1.40. The molecule has 0 radical (unpaired) electrons. The molecule has 0 atom stereocenters. The van der Waals surface area contributed by atoms with Crippen LogP contribution in [0.2, 0.25) is 5.02 Å². The van der Waals surface area contributed by atoms with Gasteiger partial charge in [-0.1, -0.05) is 24.9 Å². The van der Waals surface area contributed by atoms with Crippen molar-refractivity contribution >= 4 is 46.0 Å². The number of nitrogens with one attached hydrogen (secondary N) is 1. The summed E-state index contributed by atoms with van der Waals surface area (Å²) in [7, 11) is 0. The molecule has 1 heterocycles. The van der Waals surface area contributed by atoms with Crippen LogP contribution in [-0.4, -0.2) is 27.9 Å². The predicted molar refractivity (Wildman–Crippen MR) is 76.8 cm³/mol. The molecule has 0 saturated carbocycles. The number of aromatic nitrogens is 2. The van der Waals surface area contributed by atoms with Crippen LogP contribution in [0.5, 0.6) is 0 Å². The number of hydrogen-bond acceptors (Lipinski definition) is 6. The molecule has 0 amide bonds. The minimum atomic E-state index is -0.301. The van der Waals surface area contributed by atoms with Crippen LogP contribution >= 0.6 is 23.3 Å². The van der Waals surface area contributed by atoms with Crippen molar-refractivity contribution in [1.29, 1.82) is 0 Å². The summed E-state index contributed by atoms with van der Waals surface area (Å²) in [5.41, 5.74) is 2.07. The van der Waals surface area contributed by atoms with Gasteiger partial charge in [0, 0.05) is 0 Å². The number of halogens is 1. The molecule has 0 aliphatic carbocycles. The Morgan fingerprint density at radius 1 is 1.47 bits per heavy atom. The Morgan fingerprint density at radius 3 is 3.11 bits per heavy atom. The topological polar surface area (TPSA) is 64.1 Å². The maximum atomic E-state index is 11.5. The first-order chi connectivity index (χ1) is 9.22. The molecule has 0 spiro atoms. The Morgan fingerprint density at radius 2 is 2.32 bits per heavy atom. The lowest BCUT2D eigenvalue weighted by molar-refractivity contribution is -0.141. The van der Waals surface area contributed by atoms with E-state index in [9.17, 15) is 4.79 Å². The van der Waals surface area contributed by atoms with Gasteiger partial charge in [-0.05, 0) is 18.6 Å². The van der Waals surface area contributed by atoms with E-state index in [1.807, 2.05) is 6.92 Å². The Bertz CT molecular complexity index is 573. The molecule has 7 heteroatoms. The minimum absolute atomic E-state index is 0.0695. The summed E-state index contributed by atoms with van der Waals surface area (Å²) in [4.78, 5) is 11.5. The number of benzene rings is 1. The minimum Gasteiger partial charge on any atom is -0.464 e. The number of rotatable bonds is 6. The van der Waals surface area contributed by atoms with Crippen molar-refractivity contribution in [2.24, 2.45) is 0 Å². The molecule has 2 aromatic rings. The van der Waals surface area contributed by atoms with Crippen LogP contribution in [0.4, 0.5) is 5.69 Å². The summed E-state index contributed by atoms with van der Waals surface area (Å²) in [6.45, 7) is 2.56. The zero-order chi connectivity index (χ0) is 13.7. The summed E-state index contributed by atoms with van der Waals surface area (Å²) in [5.74, 6) is -0.301. The average molecular weight is 300 g/mol. The monoisotopic (exact) mass is 299 g/mol. The summed E-state index contributed by atoms with van der Waals surface area (Å²) < 4.78 is 13.3. The average Bonchev–Trinajstić information content (AvgIpc) is 2.86. The number of unbranched alkanes of at least 4 members (excludes halogenated alkanes) is 1. The first-order valence-corrected chi connectivity index (χ1v) is 7.13. The highest BCUT2D eigenvalue weighted by Crippen LogP contribution is 2.29. The van der Waals surface area contributed by atoms with E-state index in [2.05, 4.69) is 14.1 Å². The van der Waals surface area contributed by atoms with Crippen LogP contribution in [0, 0.1) is 0 Å². The number of fused-ring (bicyclic) bond motifs is 1. The van der Waals surface area contributed by atoms with Crippen LogP contribution in [-0.2, 0) is 9.53 Å². The van der Waals surface area contributed by atoms with E-state index in [0.29, 0.717) is 22.8 Å². The second-order valence-electron chi connectivity index (χ2n) is 3.98. The molecule has 1 aromatic carbocycles. The van der Waals surface area contributed by atoms with Crippen LogP contribution in [0.3, 0.4) is 0 Å². The Kier molecular flexibility index (Phi) is 4.93. The Balaban J connectivity index is 1.99. The standard InChI is InChI=1S/C12H14ClN3O2S/c1-2-3-6-18-10(17)7-14-11-8(13)4-5-9-12(11)16-19-15-9/h4-5,14H,2-3,6-7H2,1H3. The Labute approximate surface area is 120 Å². The van der Waals surface area contributed by atoms with Gasteiger partial charge in [-0.2, -0.15) is 8.75 Å². The molecule has 0 aliphatic heterocycles. The quantitative estimate of drug-likeness (QED) is 0.656. The van der Waals surface area contributed by atoms with Crippen molar-refractivity contribution in [2.45, 2.75) is 19.8 Å². The summed E-state index contributed by atoms with van der Waals surface area (Å²) in [6, 6.07) is 3.53. The van der Waals surface area contributed by atoms with E-state index in [1.54, 1.807) is 12.1 Å². The van der Waals surface area contributed by atoms with Gasteiger partial charge in [-0.3, -0.25) is 4.79 Å². The van der Waals surface area contributed by atoms with Crippen molar-refractivity contribution in [3.63, 3.8) is 0 Å². The highest BCUT2D eigenvalue weighted by atomic mass is 35.5. The number of esters is 1.